The van der Waals surface area contributed by atoms with Crippen molar-refractivity contribution in [3.63, 3.8) is 0 Å². The third kappa shape index (κ3) is 5.59. The molecule has 0 aliphatic rings. The lowest BCUT2D eigenvalue weighted by atomic mass is 10.1. The number of carbonyl (C=O) groups is 2. The lowest BCUT2D eigenvalue weighted by Gasteiger charge is -2.20. The predicted molar refractivity (Wildman–Crippen MR) is 82.8 cm³/mol. The molecule has 0 saturated carbocycles. The summed E-state index contributed by atoms with van der Waals surface area (Å²) < 4.78 is 24.1. The van der Waals surface area contributed by atoms with Crippen LogP contribution in [0.4, 0.5) is 9.18 Å². The summed E-state index contributed by atoms with van der Waals surface area (Å²) >= 11 is 5.83. The standard InChI is InChI=1S/C15H19ClFNO5/c1-8-9(16)7-10(17)11(13(19)20)12(8)22-6-5-18-14(21)23-15(2,3)4/h7H,5-6H2,1-4H3,(H,18,21)(H,19,20). The van der Waals surface area contributed by atoms with E-state index in [-0.39, 0.29) is 23.9 Å². The second-order valence-corrected chi connectivity index (χ2v) is 6.16. The first-order valence-electron chi connectivity index (χ1n) is 6.84. The Hall–Kier alpha value is -2.02. The number of rotatable bonds is 5. The number of carboxylic acid groups (broad SMARTS) is 1. The zero-order valence-electron chi connectivity index (χ0n) is 13.3. The molecule has 0 unspecified atom stereocenters. The van der Waals surface area contributed by atoms with E-state index in [0.29, 0.717) is 5.56 Å². The molecular formula is C15H19ClFNO5. The zero-order chi connectivity index (χ0) is 17.8. The van der Waals surface area contributed by atoms with Gasteiger partial charge < -0.3 is 19.9 Å². The van der Waals surface area contributed by atoms with Crippen molar-refractivity contribution in [2.45, 2.75) is 33.3 Å². The molecule has 1 amide bonds. The van der Waals surface area contributed by atoms with Crippen LogP contribution >= 0.6 is 11.6 Å². The van der Waals surface area contributed by atoms with Crippen LogP contribution in [0.15, 0.2) is 6.07 Å². The number of hydrogen-bond acceptors (Lipinski definition) is 4. The molecule has 0 atom stereocenters. The van der Waals surface area contributed by atoms with E-state index in [4.69, 9.17) is 26.2 Å². The lowest BCUT2D eigenvalue weighted by molar-refractivity contribution is 0.0518. The molecule has 8 heteroatoms. The molecule has 0 aliphatic heterocycles. The van der Waals surface area contributed by atoms with Gasteiger partial charge in [-0.25, -0.2) is 14.0 Å². The topological polar surface area (TPSA) is 84.9 Å². The van der Waals surface area contributed by atoms with Gasteiger partial charge in [-0.1, -0.05) is 11.6 Å². The number of aromatic carboxylic acids is 1. The molecule has 23 heavy (non-hydrogen) atoms. The van der Waals surface area contributed by atoms with E-state index in [1.807, 2.05) is 0 Å². The van der Waals surface area contributed by atoms with E-state index in [0.717, 1.165) is 6.07 Å². The summed E-state index contributed by atoms with van der Waals surface area (Å²) in [6.07, 6.45) is -0.631. The maximum Gasteiger partial charge on any atom is 0.407 e. The van der Waals surface area contributed by atoms with Gasteiger partial charge >= 0.3 is 12.1 Å². The Morgan fingerprint density at radius 1 is 1.39 bits per heavy atom. The Morgan fingerprint density at radius 3 is 2.52 bits per heavy atom. The maximum atomic E-state index is 13.7. The van der Waals surface area contributed by atoms with Crippen LogP contribution in [0, 0.1) is 12.7 Å². The van der Waals surface area contributed by atoms with Gasteiger partial charge in [-0.2, -0.15) is 0 Å². The summed E-state index contributed by atoms with van der Waals surface area (Å²) in [4.78, 5) is 22.6. The first-order valence-corrected chi connectivity index (χ1v) is 7.22. The number of carbonyl (C=O) groups excluding carboxylic acids is 1. The molecule has 0 fully saturated rings. The minimum absolute atomic E-state index is 0.0571. The van der Waals surface area contributed by atoms with Crippen LogP contribution in [0.3, 0.4) is 0 Å². The number of alkyl carbamates (subject to hydrolysis) is 1. The van der Waals surface area contributed by atoms with Gasteiger partial charge in [0.1, 0.15) is 29.3 Å². The normalized spacial score (nSPS) is 11.0. The van der Waals surface area contributed by atoms with E-state index in [2.05, 4.69) is 5.32 Å². The molecule has 0 saturated heterocycles. The number of halogens is 2. The Balaban J connectivity index is 2.72. The highest BCUT2D eigenvalue weighted by Crippen LogP contribution is 2.32. The van der Waals surface area contributed by atoms with E-state index in [1.54, 1.807) is 20.8 Å². The summed E-state index contributed by atoms with van der Waals surface area (Å²) in [6.45, 7) is 6.67. The number of carboxylic acids is 1. The fourth-order valence-corrected chi connectivity index (χ4v) is 1.88. The molecule has 1 rings (SSSR count). The minimum atomic E-state index is -1.46. The molecule has 0 bridgehead atoms. The van der Waals surface area contributed by atoms with Crippen molar-refractivity contribution < 1.29 is 28.6 Å². The Bertz CT molecular complexity index is 613. The minimum Gasteiger partial charge on any atom is -0.490 e. The van der Waals surface area contributed by atoms with E-state index in [1.165, 1.54) is 6.92 Å². The highest BCUT2D eigenvalue weighted by Gasteiger charge is 2.22. The van der Waals surface area contributed by atoms with E-state index < -0.39 is 29.0 Å². The Morgan fingerprint density at radius 2 is 2.00 bits per heavy atom. The summed E-state index contributed by atoms with van der Waals surface area (Å²) in [6, 6.07) is 0.923. The third-order valence-corrected chi connectivity index (χ3v) is 3.04. The van der Waals surface area contributed by atoms with Crippen LogP contribution in [0.5, 0.6) is 5.75 Å². The first kappa shape index (κ1) is 19.0. The number of nitrogens with one attached hydrogen (secondary N) is 1. The van der Waals surface area contributed by atoms with Gasteiger partial charge in [0.25, 0.3) is 0 Å². The number of amides is 1. The quantitative estimate of drug-likeness (QED) is 0.797. The number of benzene rings is 1. The number of ether oxygens (including phenoxy) is 2. The molecule has 0 aliphatic carbocycles. The molecule has 2 N–H and O–H groups in total. The second kappa shape index (κ2) is 7.50. The van der Waals surface area contributed by atoms with Crippen LogP contribution in [0.1, 0.15) is 36.7 Å². The lowest BCUT2D eigenvalue weighted by Crippen LogP contribution is -2.34. The van der Waals surface area contributed by atoms with Crippen LogP contribution in [0.25, 0.3) is 0 Å². The fraction of sp³-hybridized carbons (Fsp3) is 0.467. The van der Waals surface area contributed by atoms with Crippen LogP contribution in [-0.2, 0) is 4.74 Å². The molecule has 1 aromatic carbocycles. The summed E-state index contributed by atoms with van der Waals surface area (Å²) in [5.74, 6) is -2.60. The van der Waals surface area contributed by atoms with Crippen LogP contribution in [-0.4, -0.2) is 35.9 Å². The number of hydrogen-bond donors (Lipinski definition) is 2. The van der Waals surface area contributed by atoms with Gasteiger partial charge in [-0.05, 0) is 33.8 Å². The monoisotopic (exact) mass is 347 g/mol. The summed E-state index contributed by atoms with van der Waals surface area (Å²) in [5.41, 5.74) is -0.916. The smallest absolute Gasteiger partial charge is 0.407 e. The predicted octanol–water partition coefficient (Wildman–Crippen LogP) is 3.39. The van der Waals surface area contributed by atoms with Gasteiger partial charge in [0.15, 0.2) is 0 Å². The Kier molecular flexibility index (Phi) is 6.20. The molecule has 6 nitrogen and oxygen atoms in total. The van der Waals surface area contributed by atoms with Gasteiger partial charge in [-0.3, -0.25) is 0 Å². The van der Waals surface area contributed by atoms with Crippen LogP contribution in [0.2, 0.25) is 5.02 Å². The zero-order valence-corrected chi connectivity index (χ0v) is 14.1. The molecule has 0 radical (unpaired) electrons. The van der Waals surface area contributed by atoms with Crippen LogP contribution < -0.4 is 10.1 Å². The van der Waals surface area contributed by atoms with Crippen molar-refractivity contribution in [1.82, 2.24) is 5.32 Å². The maximum absolute atomic E-state index is 13.7. The highest BCUT2D eigenvalue weighted by molar-refractivity contribution is 6.31. The Labute approximate surface area is 138 Å². The third-order valence-electron chi connectivity index (χ3n) is 2.65. The second-order valence-electron chi connectivity index (χ2n) is 5.75. The molecule has 0 spiro atoms. The molecule has 1 aromatic rings. The molecule has 128 valence electrons. The molecule has 0 aromatic heterocycles. The first-order chi connectivity index (χ1) is 10.5. The molecular weight excluding hydrogens is 329 g/mol. The van der Waals surface area contributed by atoms with Crippen molar-refractivity contribution in [3.8, 4) is 5.75 Å². The fourth-order valence-electron chi connectivity index (χ4n) is 1.70. The van der Waals surface area contributed by atoms with Crippen molar-refractivity contribution in [3.05, 3.63) is 28.0 Å². The van der Waals surface area contributed by atoms with Gasteiger partial charge in [0.2, 0.25) is 0 Å². The molecule has 0 heterocycles. The van der Waals surface area contributed by atoms with Crippen molar-refractivity contribution in [2.75, 3.05) is 13.2 Å². The highest BCUT2D eigenvalue weighted by atomic mass is 35.5. The SMILES string of the molecule is Cc1c(Cl)cc(F)c(C(=O)O)c1OCCNC(=O)OC(C)(C)C. The van der Waals surface area contributed by atoms with E-state index >= 15 is 0 Å². The van der Waals surface area contributed by atoms with Crippen molar-refractivity contribution >= 4 is 23.7 Å². The van der Waals surface area contributed by atoms with E-state index in [9.17, 15) is 14.0 Å². The largest absolute Gasteiger partial charge is 0.490 e. The van der Waals surface area contributed by atoms with Gasteiger partial charge in [-0.15, -0.1) is 0 Å². The van der Waals surface area contributed by atoms with Crippen molar-refractivity contribution in [2.24, 2.45) is 0 Å². The van der Waals surface area contributed by atoms with Gasteiger partial charge in [0, 0.05) is 5.56 Å². The van der Waals surface area contributed by atoms with Crippen molar-refractivity contribution in [1.29, 1.82) is 0 Å². The summed E-state index contributed by atoms with van der Waals surface area (Å²) in [5, 5.41) is 11.6. The average Bonchev–Trinajstić information content (AvgIpc) is 2.37. The average molecular weight is 348 g/mol. The summed E-state index contributed by atoms with van der Waals surface area (Å²) in [7, 11) is 0. The van der Waals surface area contributed by atoms with Gasteiger partial charge in [0.05, 0.1) is 11.6 Å².